The molecule has 2 heterocycles. The fourth-order valence-electron chi connectivity index (χ4n) is 2.80. The smallest absolute Gasteiger partial charge is 0.326 e. The van der Waals surface area contributed by atoms with Gasteiger partial charge in [0.05, 0.1) is 6.10 Å². The first kappa shape index (κ1) is 14.1. The van der Waals surface area contributed by atoms with Crippen LogP contribution in [0.2, 0.25) is 0 Å². The highest BCUT2D eigenvalue weighted by molar-refractivity contribution is 5.83. The predicted molar refractivity (Wildman–Crippen MR) is 68.9 cm³/mol. The van der Waals surface area contributed by atoms with Crippen LogP contribution in [0.3, 0.4) is 0 Å². The van der Waals surface area contributed by atoms with Gasteiger partial charge in [0.2, 0.25) is 0 Å². The molecule has 2 aliphatic heterocycles. The van der Waals surface area contributed by atoms with Crippen molar-refractivity contribution in [3.63, 3.8) is 0 Å². The topological polar surface area (TPSA) is 70.1 Å². The standard InChI is InChI=1S/C13H22N2O4/c1-9-3-5-14(6-4-9)13(18)15-8-10(19-2)7-11(15)12(16)17/h9-11H,3-8H2,1-2H3,(H,16,17). The van der Waals surface area contributed by atoms with E-state index < -0.39 is 12.0 Å². The number of amides is 2. The maximum Gasteiger partial charge on any atom is 0.326 e. The van der Waals surface area contributed by atoms with Gasteiger partial charge in [0, 0.05) is 33.2 Å². The lowest BCUT2D eigenvalue weighted by Crippen LogP contribution is -2.50. The minimum Gasteiger partial charge on any atom is -0.480 e. The van der Waals surface area contributed by atoms with Gasteiger partial charge in [-0.2, -0.15) is 0 Å². The summed E-state index contributed by atoms with van der Waals surface area (Å²) in [6.45, 7) is 4.00. The molecule has 19 heavy (non-hydrogen) atoms. The van der Waals surface area contributed by atoms with Gasteiger partial charge in [-0.05, 0) is 18.8 Å². The SMILES string of the molecule is COC1CC(C(=O)O)N(C(=O)N2CCC(C)CC2)C1. The number of nitrogens with zero attached hydrogens (tertiary/aromatic N) is 2. The molecule has 6 nitrogen and oxygen atoms in total. The first-order valence-corrected chi connectivity index (χ1v) is 6.84. The van der Waals surface area contributed by atoms with Crippen molar-refractivity contribution in [2.75, 3.05) is 26.7 Å². The Morgan fingerprint density at radius 2 is 1.89 bits per heavy atom. The van der Waals surface area contributed by atoms with Crippen LogP contribution >= 0.6 is 0 Å². The molecule has 0 aromatic rings. The summed E-state index contributed by atoms with van der Waals surface area (Å²) in [7, 11) is 1.56. The van der Waals surface area contributed by atoms with E-state index in [0.717, 1.165) is 25.9 Å². The van der Waals surface area contributed by atoms with Gasteiger partial charge in [-0.3, -0.25) is 0 Å². The Hall–Kier alpha value is -1.30. The van der Waals surface area contributed by atoms with E-state index in [1.807, 2.05) is 0 Å². The molecule has 108 valence electrons. The number of rotatable bonds is 2. The molecule has 0 saturated carbocycles. The summed E-state index contributed by atoms with van der Waals surface area (Å²) in [6, 6.07) is -0.907. The Morgan fingerprint density at radius 1 is 1.26 bits per heavy atom. The predicted octanol–water partition coefficient (Wildman–Crippen LogP) is 1.01. The van der Waals surface area contributed by atoms with Gasteiger partial charge in [-0.25, -0.2) is 9.59 Å². The quantitative estimate of drug-likeness (QED) is 0.813. The highest BCUT2D eigenvalue weighted by Gasteiger charge is 2.41. The van der Waals surface area contributed by atoms with Gasteiger partial charge in [-0.15, -0.1) is 0 Å². The van der Waals surface area contributed by atoms with Crippen LogP contribution in [0.15, 0.2) is 0 Å². The second-order valence-corrected chi connectivity index (χ2v) is 5.55. The summed E-state index contributed by atoms with van der Waals surface area (Å²) < 4.78 is 5.20. The second-order valence-electron chi connectivity index (χ2n) is 5.55. The van der Waals surface area contributed by atoms with Gasteiger partial charge in [0.1, 0.15) is 6.04 Å². The number of methoxy groups -OCH3 is 1. The van der Waals surface area contributed by atoms with Crippen LogP contribution in [-0.2, 0) is 9.53 Å². The van der Waals surface area contributed by atoms with Crippen molar-refractivity contribution in [1.29, 1.82) is 0 Å². The number of urea groups is 1. The van der Waals surface area contributed by atoms with E-state index in [0.29, 0.717) is 18.9 Å². The third-order valence-electron chi connectivity index (χ3n) is 4.18. The average Bonchev–Trinajstić information content (AvgIpc) is 2.83. The van der Waals surface area contributed by atoms with E-state index in [1.165, 1.54) is 4.90 Å². The Balaban J connectivity index is 2.02. The number of carbonyl (C=O) groups excluding carboxylic acids is 1. The molecule has 0 aliphatic carbocycles. The first-order valence-electron chi connectivity index (χ1n) is 6.84. The Bertz CT molecular complexity index is 353. The molecule has 2 amide bonds. The van der Waals surface area contributed by atoms with Gasteiger partial charge in [0.15, 0.2) is 0 Å². The van der Waals surface area contributed by atoms with Crippen molar-refractivity contribution in [1.82, 2.24) is 9.80 Å². The molecule has 1 N–H and O–H groups in total. The molecule has 0 aromatic heterocycles. The van der Waals surface area contributed by atoms with Gasteiger partial charge in [-0.1, -0.05) is 6.92 Å². The number of carbonyl (C=O) groups is 2. The second kappa shape index (κ2) is 5.77. The molecule has 2 fully saturated rings. The Morgan fingerprint density at radius 3 is 2.42 bits per heavy atom. The Kier molecular flexibility index (Phi) is 4.29. The highest BCUT2D eigenvalue weighted by atomic mass is 16.5. The number of likely N-dealkylation sites (tertiary alicyclic amines) is 2. The monoisotopic (exact) mass is 270 g/mol. The summed E-state index contributed by atoms with van der Waals surface area (Å²) in [5.74, 6) is -0.303. The molecule has 0 aromatic carbocycles. The molecule has 2 atom stereocenters. The maximum absolute atomic E-state index is 12.4. The molecule has 0 bridgehead atoms. The molecule has 2 saturated heterocycles. The lowest BCUT2D eigenvalue weighted by Gasteiger charge is -2.34. The zero-order chi connectivity index (χ0) is 14.0. The van der Waals surface area contributed by atoms with Crippen molar-refractivity contribution >= 4 is 12.0 Å². The molecule has 2 aliphatic rings. The third-order valence-corrected chi connectivity index (χ3v) is 4.18. The number of aliphatic carboxylic acids is 1. The van der Waals surface area contributed by atoms with Gasteiger partial charge >= 0.3 is 12.0 Å². The number of hydrogen-bond acceptors (Lipinski definition) is 3. The van der Waals surface area contributed by atoms with E-state index >= 15 is 0 Å². The lowest BCUT2D eigenvalue weighted by atomic mass is 9.99. The zero-order valence-corrected chi connectivity index (χ0v) is 11.5. The third kappa shape index (κ3) is 3.00. The lowest BCUT2D eigenvalue weighted by molar-refractivity contribution is -0.141. The Labute approximate surface area is 113 Å². The van der Waals surface area contributed by atoms with Crippen molar-refractivity contribution in [2.24, 2.45) is 5.92 Å². The van der Waals surface area contributed by atoms with Gasteiger partial charge < -0.3 is 19.6 Å². The van der Waals surface area contributed by atoms with Crippen molar-refractivity contribution in [3.8, 4) is 0 Å². The van der Waals surface area contributed by atoms with E-state index in [-0.39, 0.29) is 12.1 Å². The molecular weight excluding hydrogens is 248 g/mol. The summed E-state index contributed by atoms with van der Waals surface area (Å²) in [4.78, 5) is 26.9. The van der Waals surface area contributed by atoms with Crippen LogP contribution in [0, 0.1) is 5.92 Å². The summed E-state index contributed by atoms with van der Waals surface area (Å²) in [5.41, 5.74) is 0. The molecule has 6 heteroatoms. The fraction of sp³-hybridized carbons (Fsp3) is 0.846. The van der Waals surface area contributed by atoms with Crippen molar-refractivity contribution in [3.05, 3.63) is 0 Å². The number of hydrogen-bond donors (Lipinski definition) is 1. The zero-order valence-electron chi connectivity index (χ0n) is 11.5. The van der Waals surface area contributed by atoms with Crippen LogP contribution in [0.1, 0.15) is 26.2 Å². The molecule has 0 radical (unpaired) electrons. The first-order chi connectivity index (χ1) is 9.02. The fourth-order valence-corrected chi connectivity index (χ4v) is 2.80. The van der Waals surface area contributed by atoms with Crippen LogP contribution in [0.4, 0.5) is 4.79 Å². The summed E-state index contributed by atoms with van der Waals surface area (Å²) in [5, 5.41) is 9.22. The minimum atomic E-state index is -0.946. The van der Waals surface area contributed by atoms with Crippen LogP contribution in [0.5, 0.6) is 0 Å². The van der Waals surface area contributed by atoms with Crippen LogP contribution < -0.4 is 0 Å². The van der Waals surface area contributed by atoms with E-state index in [4.69, 9.17) is 4.74 Å². The normalized spacial score (nSPS) is 28.7. The molecule has 0 spiro atoms. The summed E-state index contributed by atoms with van der Waals surface area (Å²) in [6.07, 6.45) is 2.19. The number of ether oxygens (including phenoxy) is 1. The average molecular weight is 270 g/mol. The molecule has 2 rings (SSSR count). The molecule has 2 unspecified atom stereocenters. The number of carboxylic acid groups (broad SMARTS) is 1. The van der Waals surface area contributed by atoms with Crippen LogP contribution in [0.25, 0.3) is 0 Å². The summed E-state index contributed by atoms with van der Waals surface area (Å²) >= 11 is 0. The van der Waals surface area contributed by atoms with E-state index in [2.05, 4.69) is 6.92 Å². The maximum atomic E-state index is 12.4. The van der Waals surface area contributed by atoms with Crippen molar-refractivity contribution < 1.29 is 19.4 Å². The van der Waals surface area contributed by atoms with Gasteiger partial charge in [0.25, 0.3) is 0 Å². The number of carboxylic acids is 1. The van der Waals surface area contributed by atoms with E-state index in [9.17, 15) is 14.7 Å². The molecular formula is C13H22N2O4. The largest absolute Gasteiger partial charge is 0.480 e. The highest BCUT2D eigenvalue weighted by Crippen LogP contribution is 2.24. The minimum absolute atomic E-state index is 0.154. The number of piperidine rings is 1. The van der Waals surface area contributed by atoms with E-state index in [1.54, 1.807) is 12.0 Å². The van der Waals surface area contributed by atoms with Crippen molar-refractivity contribution in [2.45, 2.75) is 38.3 Å². The van der Waals surface area contributed by atoms with Crippen LogP contribution in [-0.4, -0.2) is 65.8 Å².